The van der Waals surface area contributed by atoms with E-state index in [2.05, 4.69) is 0 Å². The SMILES string of the molecule is Cc1ccc(S(=O)(=O)CCC(=O)OCC(=O)N2CCOCC2)cc1. The lowest BCUT2D eigenvalue weighted by molar-refractivity contribution is -0.153. The van der Waals surface area contributed by atoms with Crippen molar-refractivity contribution in [2.75, 3.05) is 38.7 Å². The van der Waals surface area contributed by atoms with E-state index in [1.165, 1.54) is 12.1 Å². The summed E-state index contributed by atoms with van der Waals surface area (Å²) in [6, 6.07) is 6.42. The first-order valence-corrected chi connectivity index (χ1v) is 9.34. The number of morpholine rings is 1. The third-order valence-corrected chi connectivity index (χ3v) is 5.41. The Morgan fingerprint density at radius 1 is 1.17 bits per heavy atom. The normalized spacial score (nSPS) is 15.1. The number of hydrogen-bond acceptors (Lipinski definition) is 6. The van der Waals surface area contributed by atoms with Gasteiger partial charge in [-0.1, -0.05) is 17.7 Å². The molecule has 0 bridgehead atoms. The van der Waals surface area contributed by atoms with Gasteiger partial charge in [0, 0.05) is 13.1 Å². The molecule has 132 valence electrons. The molecule has 0 spiro atoms. The Morgan fingerprint density at radius 3 is 2.42 bits per heavy atom. The Kier molecular flexibility index (Phi) is 6.33. The second-order valence-corrected chi connectivity index (χ2v) is 7.64. The van der Waals surface area contributed by atoms with Gasteiger partial charge in [-0.2, -0.15) is 0 Å². The molecule has 8 heteroatoms. The van der Waals surface area contributed by atoms with Crippen LogP contribution in [0.4, 0.5) is 0 Å². The second-order valence-electron chi connectivity index (χ2n) is 5.54. The van der Waals surface area contributed by atoms with Crippen LogP contribution >= 0.6 is 0 Å². The van der Waals surface area contributed by atoms with Crippen LogP contribution in [-0.2, 0) is 28.9 Å². The summed E-state index contributed by atoms with van der Waals surface area (Å²) in [5, 5.41) is 0. The number of amides is 1. The molecule has 1 saturated heterocycles. The Balaban J connectivity index is 1.78. The van der Waals surface area contributed by atoms with Crippen LogP contribution in [0, 0.1) is 6.92 Å². The lowest BCUT2D eigenvalue weighted by Crippen LogP contribution is -2.42. The molecule has 24 heavy (non-hydrogen) atoms. The van der Waals surface area contributed by atoms with Gasteiger partial charge >= 0.3 is 5.97 Å². The van der Waals surface area contributed by atoms with Crippen molar-refractivity contribution in [2.45, 2.75) is 18.2 Å². The van der Waals surface area contributed by atoms with Crippen LogP contribution in [0.3, 0.4) is 0 Å². The molecule has 1 aliphatic heterocycles. The molecular formula is C16H21NO6S. The molecule has 1 fully saturated rings. The van der Waals surface area contributed by atoms with Crippen LogP contribution in [0.1, 0.15) is 12.0 Å². The summed E-state index contributed by atoms with van der Waals surface area (Å²) in [6.45, 7) is 3.36. The number of nitrogens with zero attached hydrogens (tertiary/aromatic N) is 1. The van der Waals surface area contributed by atoms with E-state index in [1.807, 2.05) is 6.92 Å². The predicted octanol–water partition coefficient (Wildman–Crippen LogP) is 0.561. The monoisotopic (exact) mass is 355 g/mol. The third kappa shape index (κ3) is 5.31. The van der Waals surface area contributed by atoms with Crippen LogP contribution in [0.5, 0.6) is 0 Å². The first-order chi connectivity index (χ1) is 11.4. The Hall–Kier alpha value is -1.93. The fourth-order valence-corrected chi connectivity index (χ4v) is 3.42. The van der Waals surface area contributed by atoms with Gasteiger partial charge in [0.2, 0.25) is 0 Å². The van der Waals surface area contributed by atoms with Gasteiger partial charge in [0.1, 0.15) is 0 Å². The van der Waals surface area contributed by atoms with Crippen molar-refractivity contribution < 1.29 is 27.5 Å². The minimum absolute atomic E-state index is 0.172. The van der Waals surface area contributed by atoms with Crippen molar-refractivity contribution in [1.29, 1.82) is 0 Å². The average molecular weight is 355 g/mol. The highest BCUT2D eigenvalue weighted by molar-refractivity contribution is 7.91. The molecule has 0 unspecified atom stereocenters. The van der Waals surface area contributed by atoms with Crippen molar-refractivity contribution in [2.24, 2.45) is 0 Å². The summed E-state index contributed by atoms with van der Waals surface area (Å²) in [7, 11) is -3.54. The fraction of sp³-hybridized carbons (Fsp3) is 0.500. The molecule has 1 aromatic rings. The summed E-state index contributed by atoms with van der Waals surface area (Å²) in [6.07, 6.45) is -0.285. The lowest BCUT2D eigenvalue weighted by atomic mass is 10.2. The zero-order valence-electron chi connectivity index (χ0n) is 13.6. The number of carbonyl (C=O) groups excluding carboxylic acids is 2. The number of rotatable bonds is 6. The molecule has 1 amide bonds. The van der Waals surface area contributed by atoms with Gasteiger partial charge in [-0.3, -0.25) is 9.59 Å². The van der Waals surface area contributed by atoms with Gasteiger partial charge in [0.05, 0.1) is 30.3 Å². The van der Waals surface area contributed by atoms with Gasteiger partial charge < -0.3 is 14.4 Å². The van der Waals surface area contributed by atoms with Crippen molar-refractivity contribution in [3.8, 4) is 0 Å². The summed E-state index contributed by atoms with van der Waals surface area (Å²) in [5.74, 6) is -1.35. The number of aryl methyl sites for hydroxylation is 1. The number of sulfone groups is 1. The molecule has 7 nitrogen and oxygen atoms in total. The highest BCUT2D eigenvalue weighted by atomic mass is 32.2. The topological polar surface area (TPSA) is 90.0 Å². The second kappa shape index (κ2) is 8.25. The van der Waals surface area contributed by atoms with E-state index in [-0.39, 0.29) is 29.6 Å². The smallest absolute Gasteiger partial charge is 0.307 e. The number of hydrogen-bond donors (Lipinski definition) is 0. The molecule has 0 radical (unpaired) electrons. The summed E-state index contributed by atoms with van der Waals surface area (Å²) >= 11 is 0. The predicted molar refractivity (Wildman–Crippen MR) is 86.2 cm³/mol. The maximum atomic E-state index is 12.1. The molecule has 0 aromatic heterocycles. The van der Waals surface area contributed by atoms with Crippen LogP contribution < -0.4 is 0 Å². The number of carbonyl (C=O) groups is 2. The van der Waals surface area contributed by atoms with E-state index in [9.17, 15) is 18.0 Å². The minimum atomic E-state index is -3.54. The van der Waals surface area contributed by atoms with E-state index >= 15 is 0 Å². The Bertz CT molecular complexity index is 677. The highest BCUT2D eigenvalue weighted by Gasteiger charge is 2.20. The van der Waals surface area contributed by atoms with Crippen LogP contribution in [0.15, 0.2) is 29.2 Å². The maximum Gasteiger partial charge on any atom is 0.307 e. The average Bonchev–Trinajstić information content (AvgIpc) is 2.59. The molecule has 1 aliphatic rings. The first-order valence-electron chi connectivity index (χ1n) is 7.69. The summed E-state index contributed by atoms with van der Waals surface area (Å²) < 4.78 is 34.3. The minimum Gasteiger partial charge on any atom is -0.456 e. The quantitative estimate of drug-likeness (QED) is 0.693. The molecule has 0 N–H and O–H groups in total. The van der Waals surface area contributed by atoms with E-state index in [4.69, 9.17) is 9.47 Å². The zero-order chi connectivity index (χ0) is 17.6. The maximum absolute atomic E-state index is 12.1. The van der Waals surface area contributed by atoms with Gasteiger partial charge in [-0.05, 0) is 19.1 Å². The van der Waals surface area contributed by atoms with E-state index in [0.717, 1.165) is 5.56 Å². The first kappa shape index (κ1) is 18.4. The molecule has 1 heterocycles. The van der Waals surface area contributed by atoms with Gasteiger partial charge in [0.25, 0.3) is 5.91 Å². The van der Waals surface area contributed by atoms with Crippen molar-refractivity contribution in [1.82, 2.24) is 4.90 Å². The molecule has 0 saturated carbocycles. The summed E-state index contributed by atoms with van der Waals surface area (Å²) in [5.41, 5.74) is 0.954. The van der Waals surface area contributed by atoms with E-state index < -0.39 is 15.8 Å². The van der Waals surface area contributed by atoms with Crippen LogP contribution in [0.25, 0.3) is 0 Å². The van der Waals surface area contributed by atoms with E-state index in [0.29, 0.717) is 26.3 Å². The number of ether oxygens (including phenoxy) is 2. The Morgan fingerprint density at radius 2 is 1.79 bits per heavy atom. The molecule has 0 aliphatic carbocycles. The molecule has 1 aromatic carbocycles. The highest BCUT2D eigenvalue weighted by Crippen LogP contribution is 2.13. The van der Waals surface area contributed by atoms with Crippen LogP contribution in [0.2, 0.25) is 0 Å². The van der Waals surface area contributed by atoms with Gasteiger partial charge in [-0.15, -0.1) is 0 Å². The lowest BCUT2D eigenvalue weighted by Gasteiger charge is -2.26. The molecular weight excluding hydrogens is 334 g/mol. The fourth-order valence-electron chi connectivity index (χ4n) is 2.20. The third-order valence-electron chi connectivity index (χ3n) is 3.68. The largest absolute Gasteiger partial charge is 0.456 e. The van der Waals surface area contributed by atoms with Crippen molar-refractivity contribution in [3.05, 3.63) is 29.8 Å². The zero-order valence-corrected chi connectivity index (χ0v) is 14.4. The standard InChI is InChI=1S/C16H21NO6S/c1-13-2-4-14(5-3-13)24(20,21)11-6-16(19)23-12-15(18)17-7-9-22-10-8-17/h2-5H,6-12H2,1H3. The van der Waals surface area contributed by atoms with Crippen LogP contribution in [-0.4, -0.2) is 63.9 Å². The molecule has 2 rings (SSSR count). The molecule has 0 atom stereocenters. The van der Waals surface area contributed by atoms with Crippen molar-refractivity contribution >= 4 is 21.7 Å². The number of esters is 1. The van der Waals surface area contributed by atoms with Gasteiger partial charge in [0.15, 0.2) is 16.4 Å². The van der Waals surface area contributed by atoms with Gasteiger partial charge in [-0.25, -0.2) is 8.42 Å². The summed E-state index contributed by atoms with van der Waals surface area (Å²) in [4.78, 5) is 25.2. The van der Waals surface area contributed by atoms with Crippen molar-refractivity contribution in [3.63, 3.8) is 0 Å². The number of benzene rings is 1. The van der Waals surface area contributed by atoms with E-state index in [1.54, 1.807) is 17.0 Å². The Labute approximate surface area is 141 Å².